The van der Waals surface area contributed by atoms with E-state index in [-0.39, 0.29) is 16.9 Å². The third-order valence-electron chi connectivity index (χ3n) is 3.65. The number of carbonyl (C=O) groups excluding carboxylic acids is 1. The lowest BCUT2D eigenvalue weighted by Gasteiger charge is -2.13. The first kappa shape index (κ1) is 13.5. The molecule has 5 heteroatoms. The van der Waals surface area contributed by atoms with Crippen LogP contribution in [0.5, 0.6) is 0 Å². The third kappa shape index (κ3) is 2.93. The number of aromatic carboxylic acids is 1. The molecule has 19 heavy (non-hydrogen) atoms. The molecule has 1 aliphatic rings. The topological polar surface area (TPSA) is 92.4 Å². The Bertz CT molecular complexity index is 495. The minimum absolute atomic E-state index is 0.0113. The van der Waals surface area contributed by atoms with E-state index < -0.39 is 5.97 Å². The van der Waals surface area contributed by atoms with Crippen molar-refractivity contribution in [1.29, 1.82) is 0 Å². The molecule has 0 aromatic heterocycles. The highest BCUT2D eigenvalue weighted by atomic mass is 16.4. The van der Waals surface area contributed by atoms with Gasteiger partial charge in [0.25, 0.3) is 0 Å². The van der Waals surface area contributed by atoms with Crippen molar-refractivity contribution in [2.45, 2.75) is 19.3 Å². The van der Waals surface area contributed by atoms with Gasteiger partial charge in [0.15, 0.2) is 0 Å². The number of rotatable bonds is 6. The molecule has 1 saturated carbocycles. The fourth-order valence-electron chi connectivity index (χ4n) is 2.12. The van der Waals surface area contributed by atoms with Crippen LogP contribution in [0.15, 0.2) is 24.3 Å². The molecule has 102 valence electrons. The molecule has 0 unspecified atom stereocenters. The van der Waals surface area contributed by atoms with Gasteiger partial charge in [0.05, 0.1) is 11.0 Å². The van der Waals surface area contributed by atoms with Gasteiger partial charge in [-0.05, 0) is 30.9 Å². The lowest BCUT2D eigenvalue weighted by atomic mass is 10.0. The molecule has 0 bridgehead atoms. The highest BCUT2D eigenvalue weighted by Crippen LogP contribution is 2.44. The molecule has 0 aliphatic heterocycles. The van der Waals surface area contributed by atoms with Crippen LogP contribution in [0.3, 0.4) is 0 Å². The Balaban J connectivity index is 1.90. The molecule has 0 heterocycles. The summed E-state index contributed by atoms with van der Waals surface area (Å²) in [6, 6.07) is 6.83. The van der Waals surface area contributed by atoms with Crippen molar-refractivity contribution < 1.29 is 14.7 Å². The monoisotopic (exact) mass is 262 g/mol. The van der Waals surface area contributed by atoms with E-state index >= 15 is 0 Å². The minimum Gasteiger partial charge on any atom is -0.478 e. The number of nitrogens with one attached hydrogen (secondary N) is 1. The van der Waals surface area contributed by atoms with Crippen LogP contribution < -0.4 is 11.1 Å². The smallest absolute Gasteiger partial charge is 0.335 e. The van der Waals surface area contributed by atoms with E-state index in [1.165, 1.54) is 0 Å². The van der Waals surface area contributed by atoms with Crippen LogP contribution in [-0.4, -0.2) is 30.1 Å². The standard InChI is InChI=1S/C14H18N2O3/c15-9-14(6-7-14)13(19)16-8-5-10-3-1-2-4-11(10)12(17)18/h1-4H,5-9,15H2,(H,16,19)(H,17,18). The number of nitrogens with two attached hydrogens (primary N) is 1. The quantitative estimate of drug-likeness (QED) is 0.706. The Morgan fingerprint density at radius 3 is 2.58 bits per heavy atom. The molecule has 1 aliphatic carbocycles. The molecule has 5 nitrogen and oxygen atoms in total. The fourth-order valence-corrected chi connectivity index (χ4v) is 2.12. The Morgan fingerprint density at radius 1 is 1.32 bits per heavy atom. The van der Waals surface area contributed by atoms with Crippen molar-refractivity contribution in [2.75, 3.05) is 13.1 Å². The van der Waals surface area contributed by atoms with Crippen LogP contribution in [0.2, 0.25) is 0 Å². The van der Waals surface area contributed by atoms with Gasteiger partial charge in [-0.1, -0.05) is 18.2 Å². The van der Waals surface area contributed by atoms with Crippen LogP contribution in [0, 0.1) is 5.41 Å². The molecular formula is C14H18N2O3. The zero-order valence-electron chi connectivity index (χ0n) is 10.7. The maximum Gasteiger partial charge on any atom is 0.335 e. The van der Waals surface area contributed by atoms with Gasteiger partial charge in [-0.25, -0.2) is 4.79 Å². The number of carboxylic acids is 1. The maximum atomic E-state index is 11.9. The summed E-state index contributed by atoms with van der Waals surface area (Å²) in [5, 5.41) is 11.9. The molecule has 1 amide bonds. The molecule has 0 saturated heterocycles. The lowest BCUT2D eigenvalue weighted by Crippen LogP contribution is -2.37. The number of carbonyl (C=O) groups is 2. The van der Waals surface area contributed by atoms with Crippen molar-refractivity contribution in [3.05, 3.63) is 35.4 Å². The lowest BCUT2D eigenvalue weighted by molar-refractivity contribution is -0.125. The Labute approximate surface area is 111 Å². The molecule has 1 aromatic carbocycles. The van der Waals surface area contributed by atoms with Gasteiger partial charge in [0.2, 0.25) is 5.91 Å². The molecule has 2 rings (SSSR count). The number of carboxylic acid groups (broad SMARTS) is 1. The van der Waals surface area contributed by atoms with Crippen LogP contribution in [-0.2, 0) is 11.2 Å². The number of benzene rings is 1. The number of hydrogen-bond donors (Lipinski definition) is 3. The summed E-state index contributed by atoms with van der Waals surface area (Å²) in [7, 11) is 0. The van der Waals surface area contributed by atoms with E-state index in [4.69, 9.17) is 10.8 Å². The van der Waals surface area contributed by atoms with Gasteiger partial charge in [-0.3, -0.25) is 4.79 Å². The van der Waals surface area contributed by atoms with Crippen LogP contribution in [0.25, 0.3) is 0 Å². The maximum absolute atomic E-state index is 11.9. The molecule has 0 atom stereocenters. The molecule has 0 radical (unpaired) electrons. The molecular weight excluding hydrogens is 244 g/mol. The number of amides is 1. The van der Waals surface area contributed by atoms with Crippen LogP contribution in [0.1, 0.15) is 28.8 Å². The van der Waals surface area contributed by atoms with Crippen molar-refractivity contribution in [1.82, 2.24) is 5.32 Å². The Kier molecular flexibility index (Phi) is 3.85. The zero-order chi connectivity index (χ0) is 13.9. The van der Waals surface area contributed by atoms with Gasteiger partial charge < -0.3 is 16.2 Å². The predicted octanol–water partition coefficient (Wildman–Crippen LogP) is 0.782. The summed E-state index contributed by atoms with van der Waals surface area (Å²) in [5.74, 6) is -0.953. The summed E-state index contributed by atoms with van der Waals surface area (Å²) >= 11 is 0. The zero-order valence-corrected chi connectivity index (χ0v) is 10.7. The van der Waals surface area contributed by atoms with Gasteiger partial charge >= 0.3 is 5.97 Å². The highest BCUT2D eigenvalue weighted by molar-refractivity contribution is 5.89. The van der Waals surface area contributed by atoms with Gasteiger partial charge in [0, 0.05) is 13.1 Å². The third-order valence-corrected chi connectivity index (χ3v) is 3.65. The van der Waals surface area contributed by atoms with Gasteiger partial charge in [-0.2, -0.15) is 0 Å². The Hall–Kier alpha value is -1.88. The van der Waals surface area contributed by atoms with Gasteiger partial charge in [0.1, 0.15) is 0 Å². The molecule has 1 aromatic rings. The normalized spacial score (nSPS) is 15.8. The van der Waals surface area contributed by atoms with E-state index in [9.17, 15) is 9.59 Å². The predicted molar refractivity (Wildman–Crippen MR) is 70.8 cm³/mol. The first-order valence-electron chi connectivity index (χ1n) is 6.39. The molecule has 4 N–H and O–H groups in total. The average Bonchev–Trinajstić information content (AvgIpc) is 3.20. The second-order valence-corrected chi connectivity index (χ2v) is 4.95. The number of hydrogen-bond acceptors (Lipinski definition) is 3. The van der Waals surface area contributed by atoms with Crippen molar-refractivity contribution in [3.8, 4) is 0 Å². The highest BCUT2D eigenvalue weighted by Gasteiger charge is 2.48. The SMILES string of the molecule is NCC1(C(=O)NCCc2ccccc2C(=O)O)CC1. The first-order chi connectivity index (χ1) is 9.09. The summed E-state index contributed by atoms with van der Waals surface area (Å²) in [6.07, 6.45) is 2.21. The van der Waals surface area contributed by atoms with E-state index in [0.29, 0.717) is 19.5 Å². The molecule has 0 spiro atoms. The summed E-state index contributed by atoms with van der Waals surface area (Å²) in [5.41, 5.74) is 6.24. The van der Waals surface area contributed by atoms with Crippen molar-refractivity contribution in [2.24, 2.45) is 11.1 Å². The summed E-state index contributed by atoms with van der Waals surface area (Å²) < 4.78 is 0. The summed E-state index contributed by atoms with van der Waals surface area (Å²) in [4.78, 5) is 22.9. The largest absolute Gasteiger partial charge is 0.478 e. The first-order valence-corrected chi connectivity index (χ1v) is 6.39. The van der Waals surface area contributed by atoms with Gasteiger partial charge in [-0.15, -0.1) is 0 Å². The van der Waals surface area contributed by atoms with Crippen molar-refractivity contribution in [3.63, 3.8) is 0 Å². The van der Waals surface area contributed by atoms with E-state index in [2.05, 4.69) is 5.32 Å². The molecule has 1 fully saturated rings. The van der Waals surface area contributed by atoms with E-state index in [1.54, 1.807) is 24.3 Å². The second kappa shape index (κ2) is 5.40. The van der Waals surface area contributed by atoms with E-state index in [0.717, 1.165) is 18.4 Å². The fraction of sp³-hybridized carbons (Fsp3) is 0.429. The van der Waals surface area contributed by atoms with Crippen LogP contribution in [0.4, 0.5) is 0 Å². The van der Waals surface area contributed by atoms with Crippen molar-refractivity contribution >= 4 is 11.9 Å². The Morgan fingerprint density at radius 2 is 2.00 bits per heavy atom. The average molecular weight is 262 g/mol. The van der Waals surface area contributed by atoms with Crippen LogP contribution >= 0.6 is 0 Å². The summed E-state index contributed by atoms with van der Waals surface area (Å²) in [6.45, 7) is 0.815. The second-order valence-electron chi connectivity index (χ2n) is 4.95. The minimum atomic E-state index is -0.942. The van der Waals surface area contributed by atoms with E-state index in [1.807, 2.05) is 0 Å².